The normalized spacial score (nSPS) is 13.2. The Bertz CT molecular complexity index is 1120. The molecule has 0 aliphatic carbocycles. The van der Waals surface area contributed by atoms with Gasteiger partial charge in [-0.1, -0.05) is 250 Å². The molecule has 384 valence electrons. The first-order valence-corrected chi connectivity index (χ1v) is 29.3. The monoisotopic (exact) mass is 940 g/mol. The lowest BCUT2D eigenvalue weighted by molar-refractivity contribution is -0.161. The summed E-state index contributed by atoms with van der Waals surface area (Å²) in [6.07, 6.45) is 59.4. The molecule has 0 saturated carbocycles. The second-order valence-corrected chi connectivity index (χ2v) is 20.3. The Morgan fingerprint density at radius 3 is 1.17 bits per heavy atom. The van der Waals surface area contributed by atoms with Gasteiger partial charge in [-0.3, -0.25) is 18.6 Å². The van der Waals surface area contributed by atoms with Crippen LogP contribution < -0.4 is 5.73 Å². The summed E-state index contributed by atoms with van der Waals surface area (Å²) >= 11 is 0. The fourth-order valence-electron chi connectivity index (χ4n) is 8.20. The summed E-state index contributed by atoms with van der Waals surface area (Å²) in [7, 11) is -4.38. The van der Waals surface area contributed by atoms with Gasteiger partial charge in [-0.25, -0.2) is 4.57 Å². The zero-order valence-electron chi connectivity index (χ0n) is 42.7. The summed E-state index contributed by atoms with van der Waals surface area (Å²) < 4.78 is 33.0. The molecule has 2 atom stereocenters. The van der Waals surface area contributed by atoms with E-state index in [4.69, 9.17) is 24.3 Å². The van der Waals surface area contributed by atoms with E-state index >= 15 is 0 Å². The third-order valence-corrected chi connectivity index (χ3v) is 13.3. The van der Waals surface area contributed by atoms with Crippen LogP contribution in [-0.4, -0.2) is 49.3 Å². The predicted octanol–water partition coefficient (Wildman–Crippen LogP) is 17.1. The van der Waals surface area contributed by atoms with Gasteiger partial charge in [0.25, 0.3) is 0 Å². The van der Waals surface area contributed by atoms with Gasteiger partial charge in [-0.2, -0.15) is 0 Å². The van der Waals surface area contributed by atoms with Crippen molar-refractivity contribution in [3.05, 3.63) is 24.3 Å². The van der Waals surface area contributed by atoms with Crippen molar-refractivity contribution in [2.75, 3.05) is 26.4 Å². The number of nitrogens with two attached hydrogens (primary N) is 1. The first-order valence-electron chi connectivity index (χ1n) is 27.8. The van der Waals surface area contributed by atoms with E-state index in [9.17, 15) is 19.0 Å². The number of carbonyl (C=O) groups excluding carboxylic acids is 2. The molecule has 65 heavy (non-hydrogen) atoms. The van der Waals surface area contributed by atoms with Gasteiger partial charge < -0.3 is 20.1 Å². The first kappa shape index (κ1) is 63.5. The molecule has 0 spiro atoms. The van der Waals surface area contributed by atoms with Crippen molar-refractivity contribution in [3.63, 3.8) is 0 Å². The maximum Gasteiger partial charge on any atom is 0.472 e. The number of phosphoric ester groups is 1. The maximum atomic E-state index is 12.7. The van der Waals surface area contributed by atoms with E-state index in [1.165, 1.54) is 205 Å². The molecule has 0 fully saturated rings. The average molecular weight is 940 g/mol. The van der Waals surface area contributed by atoms with Crippen LogP contribution in [0.3, 0.4) is 0 Å². The van der Waals surface area contributed by atoms with Crippen LogP contribution in [0.1, 0.15) is 284 Å². The van der Waals surface area contributed by atoms with Crippen LogP contribution in [0.4, 0.5) is 0 Å². The Kier molecular flexibility index (Phi) is 50.7. The molecule has 0 aromatic rings. The molecule has 10 heteroatoms. The number of phosphoric acid groups is 1. The molecular weight excluding hydrogens is 834 g/mol. The smallest absolute Gasteiger partial charge is 0.462 e. The lowest BCUT2D eigenvalue weighted by Gasteiger charge is -2.19. The van der Waals surface area contributed by atoms with Crippen molar-refractivity contribution in [2.24, 2.45) is 5.73 Å². The van der Waals surface area contributed by atoms with Crippen LogP contribution in [0.25, 0.3) is 0 Å². The van der Waals surface area contributed by atoms with E-state index in [2.05, 4.69) is 38.2 Å². The molecule has 0 radical (unpaired) electrons. The Morgan fingerprint density at radius 2 is 0.800 bits per heavy atom. The number of ether oxygens (including phenoxy) is 2. The molecule has 0 aliphatic heterocycles. The minimum Gasteiger partial charge on any atom is -0.462 e. The number of allylic oxidation sites excluding steroid dienone is 4. The van der Waals surface area contributed by atoms with Crippen molar-refractivity contribution in [1.29, 1.82) is 0 Å². The van der Waals surface area contributed by atoms with Crippen LogP contribution >= 0.6 is 7.82 Å². The van der Waals surface area contributed by atoms with Crippen LogP contribution in [0.15, 0.2) is 24.3 Å². The summed E-state index contributed by atoms with van der Waals surface area (Å²) in [5.41, 5.74) is 5.38. The molecule has 0 aliphatic rings. The number of carbonyl (C=O) groups is 2. The summed E-state index contributed by atoms with van der Waals surface area (Å²) in [5.74, 6) is -0.812. The van der Waals surface area contributed by atoms with Gasteiger partial charge in [-0.05, 0) is 44.9 Å². The van der Waals surface area contributed by atoms with Crippen LogP contribution in [0.2, 0.25) is 0 Å². The summed E-state index contributed by atoms with van der Waals surface area (Å²) in [5, 5.41) is 0. The van der Waals surface area contributed by atoms with Crippen LogP contribution in [0, 0.1) is 0 Å². The molecule has 0 rings (SSSR count). The number of rotatable bonds is 53. The lowest BCUT2D eigenvalue weighted by Crippen LogP contribution is -2.29. The largest absolute Gasteiger partial charge is 0.472 e. The quantitative estimate of drug-likeness (QED) is 0.0264. The summed E-state index contributed by atoms with van der Waals surface area (Å²) in [6.45, 7) is 3.78. The molecule has 0 heterocycles. The first-order chi connectivity index (χ1) is 31.8. The van der Waals surface area contributed by atoms with Gasteiger partial charge in [0.15, 0.2) is 6.10 Å². The number of hydrogen-bond donors (Lipinski definition) is 2. The second-order valence-electron chi connectivity index (χ2n) is 18.8. The highest BCUT2D eigenvalue weighted by Crippen LogP contribution is 2.43. The van der Waals surface area contributed by atoms with E-state index in [1.54, 1.807) is 0 Å². The lowest BCUT2D eigenvalue weighted by atomic mass is 10.0. The third-order valence-electron chi connectivity index (χ3n) is 12.3. The summed E-state index contributed by atoms with van der Waals surface area (Å²) in [6, 6.07) is 0. The van der Waals surface area contributed by atoms with Crippen molar-refractivity contribution < 1.29 is 37.6 Å². The van der Waals surface area contributed by atoms with E-state index in [-0.39, 0.29) is 38.6 Å². The molecular formula is C55H106NO8P. The van der Waals surface area contributed by atoms with Crippen LogP contribution in [0.5, 0.6) is 0 Å². The maximum absolute atomic E-state index is 12.7. The van der Waals surface area contributed by atoms with E-state index < -0.39 is 26.5 Å². The zero-order valence-corrected chi connectivity index (χ0v) is 43.6. The van der Waals surface area contributed by atoms with Gasteiger partial charge in [0.2, 0.25) is 0 Å². The molecule has 3 N–H and O–H groups in total. The minimum atomic E-state index is -4.38. The van der Waals surface area contributed by atoms with Crippen molar-refractivity contribution in [2.45, 2.75) is 290 Å². The van der Waals surface area contributed by atoms with E-state index in [0.717, 1.165) is 44.9 Å². The minimum absolute atomic E-state index is 0.0558. The molecule has 9 nitrogen and oxygen atoms in total. The molecule has 0 saturated heterocycles. The second kappa shape index (κ2) is 51.9. The fourth-order valence-corrected chi connectivity index (χ4v) is 8.96. The number of esters is 2. The van der Waals surface area contributed by atoms with E-state index in [1.807, 2.05) is 0 Å². The summed E-state index contributed by atoms with van der Waals surface area (Å²) in [4.78, 5) is 35.1. The third kappa shape index (κ3) is 51.7. The molecule has 2 unspecified atom stereocenters. The topological polar surface area (TPSA) is 134 Å². The van der Waals surface area contributed by atoms with E-state index in [0.29, 0.717) is 6.42 Å². The van der Waals surface area contributed by atoms with Gasteiger partial charge in [0.1, 0.15) is 6.61 Å². The van der Waals surface area contributed by atoms with Crippen molar-refractivity contribution >= 4 is 19.8 Å². The van der Waals surface area contributed by atoms with Gasteiger partial charge in [0.05, 0.1) is 13.2 Å². The van der Waals surface area contributed by atoms with Gasteiger partial charge in [0, 0.05) is 19.4 Å². The standard InChI is InChI=1S/C55H106NO8P/c1-3-5-7-9-11-13-15-17-19-21-23-24-25-26-27-28-30-32-34-36-38-40-42-44-46-48-55(58)64-53(52-63-65(59,60)62-50-49-56)51-61-54(57)47-45-43-41-39-37-35-33-31-29-22-20-18-16-14-12-10-8-6-4-2/h15,17,21,23,53H,3-14,16,18-20,22,24-52,56H2,1-2H3,(H,59,60)/b17-15-,23-21-. The van der Waals surface area contributed by atoms with Crippen molar-refractivity contribution in [1.82, 2.24) is 0 Å². The molecule has 0 amide bonds. The molecule has 0 aromatic carbocycles. The average Bonchev–Trinajstić information content (AvgIpc) is 3.30. The SMILES string of the molecule is CCCCCCC/C=C\C/C=C\CCCCCCCCCCCCCCCC(=O)OC(COC(=O)CCCCCCCCCCCCCCCCCCCCC)COP(=O)(O)OCCN. The Hall–Kier alpha value is -1.51. The fraction of sp³-hybridized carbons (Fsp3) is 0.891. The predicted molar refractivity (Wildman–Crippen MR) is 275 cm³/mol. The van der Waals surface area contributed by atoms with Crippen LogP contribution in [-0.2, 0) is 32.7 Å². The number of hydrogen-bond acceptors (Lipinski definition) is 8. The molecule has 0 bridgehead atoms. The highest BCUT2D eigenvalue weighted by Gasteiger charge is 2.26. The van der Waals surface area contributed by atoms with Crippen molar-refractivity contribution in [3.8, 4) is 0 Å². The Morgan fingerprint density at radius 1 is 0.462 bits per heavy atom. The highest BCUT2D eigenvalue weighted by atomic mass is 31.2. The molecule has 0 aromatic heterocycles. The number of unbranched alkanes of at least 4 members (excludes halogenated alkanes) is 36. The zero-order chi connectivity index (χ0) is 47.4. The highest BCUT2D eigenvalue weighted by molar-refractivity contribution is 7.47. The van der Waals surface area contributed by atoms with Gasteiger partial charge in [-0.15, -0.1) is 0 Å². The van der Waals surface area contributed by atoms with Gasteiger partial charge >= 0.3 is 19.8 Å². The Labute approximate surface area is 402 Å². The Balaban J connectivity index is 3.96.